The van der Waals surface area contributed by atoms with Crippen molar-refractivity contribution in [3.63, 3.8) is 0 Å². The lowest BCUT2D eigenvalue weighted by Crippen LogP contribution is -2.46. The first-order valence-electron chi connectivity index (χ1n) is 15.7. The zero-order valence-corrected chi connectivity index (χ0v) is 26.3. The minimum atomic E-state index is -1.54. The highest BCUT2D eigenvalue weighted by atomic mass is 19.1. The summed E-state index contributed by atoms with van der Waals surface area (Å²) in [6.07, 6.45) is -0.701. The number of carbonyl (C=O) groups excluding carboxylic acids is 2. The number of nitrogens with one attached hydrogen (secondary N) is 3. The number of fused-ring (bicyclic) bond motifs is 1. The van der Waals surface area contributed by atoms with Gasteiger partial charge in [-0.2, -0.15) is 0 Å². The summed E-state index contributed by atoms with van der Waals surface area (Å²) in [5.41, 5.74) is 6.40. The molecule has 2 saturated heterocycles. The molecule has 11 nitrogen and oxygen atoms in total. The Labute approximate surface area is 267 Å². The summed E-state index contributed by atoms with van der Waals surface area (Å²) >= 11 is 0. The zero-order chi connectivity index (χ0) is 32.4. The number of aliphatic hydroxyl groups is 1. The van der Waals surface area contributed by atoms with Crippen LogP contribution in [0.1, 0.15) is 31.4 Å². The molecule has 0 aliphatic carbocycles. The van der Waals surface area contributed by atoms with Gasteiger partial charge in [-0.15, -0.1) is 0 Å². The van der Waals surface area contributed by atoms with Crippen molar-refractivity contribution < 1.29 is 23.8 Å². The molecule has 4 heterocycles. The Bertz CT molecular complexity index is 1700. The molecule has 2 aliphatic rings. The second-order valence-corrected chi connectivity index (χ2v) is 12.5. The number of rotatable bonds is 7. The summed E-state index contributed by atoms with van der Waals surface area (Å²) in [6, 6.07) is 14.7. The highest BCUT2D eigenvalue weighted by Crippen LogP contribution is 2.34. The number of carbonyl (C=O) groups is 2. The van der Waals surface area contributed by atoms with Crippen LogP contribution in [0, 0.1) is 18.8 Å². The van der Waals surface area contributed by atoms with Gasteiger partial charge in [-0.05, 0) is 54.2 Å². The second-order valence-electron chi connectivity index (χ2n) is 12.5. The van der Waals surface area contributed by atoms with E-state index in [1.165, 1.54) is 6.33 Å². The Balaban J connectivity index is 1.14. The van der Waals surface area contributed by atoms with E-state index in [1.54, 1.807) is 11.0 Å². The van der Waals surface area contributed by atoms with Crippen LogP contribution in [-0.4, -0.2) is 87.1 Å². The molecular weight excluding hydrogens is 589 g/mol. The number of anilines is 1. The molecule has 2 aliphatic heterocycles. The highest BCUT2D eigenvalue weighted by molar-refractivity contribution is 5.96. The van der Waals surface area contributed by atoms with Gasteiger partial charge < -0.3 is 30.4 Å². The van der Waals surface area contributed by atoms with E-state index in [4.69, 9.17) is 4.74 Å². The summed E-state index contributed by atoms with van der Waals surface area (Å²) in [7, 11) is 0. The van der Waals surface area contributed by atoms with Gasteiger partial charge in [-0.3, -0.25) is 4.90 Å². The summed E-state index contributed by atoms with van der Waals surface area (Å²) in [5.74, 6) is -0.377. The fourth-order valence-corrected chi connectivity index (χ4v) is 6.24. The fraction of sp³-hybridized carbons (Fsp3) is 0.412. The number of hydrogen-bond acceptors (Lipinski definition) is 7. The number of likely N-dealkylation sites (tertiary alicyclic amines) is 1. The van der Waals surface area contributed by atoms with Crippen molar-refractivity contribution in [1.82, 2.24) is 30.1 Å². The average molecular weight is 630 g/mol. The van der Waals surface area contributed by atoms with Crippen molar-refractivity contribution in [2.24, 2.45) is 11.8 Å². The number of piperazine rings is 1. The van der Waals surface area contributed by atoms with Crippen molar-refractivity contribution in [2.45, 2.75) is 46.2 Å². The van der Waals surface area contributed by atoms with Gasteiger partial charge in [0.05, 0.1) is 18.3 Å². The molecule has 4 aromatic rings. The SMILES string of the molecule is Cc1cc(NC(=O)N2CC(O)C(CC(C)C)C2F)ccc1-c1ncnc2[nH]c(-c3ccc(COC(=O)N4CCNCC4)cc3)cc12. The van der Waals surface area contributed by atoms with Crippen molar-refractivity contribution in [3.05, 3.63) is 66.0 Å². The van der Waals surface area contributed by atoms with Gasteiger partial charge in [0.2, 0.25) is 0 Å². The lowest BCUT2D eigenvalue weighted by Gasteiger charge is -2.26. The molecule has 6 rings (SSSR count). The lowest BCUT2D eigenvalue weighted by atomic mass is 9.94. The minimum absolute atomic E-state index is 0.0385. The highest BCUT2D eigenvalue weighted by Gasteiger charge is 2.43. The third-order valence-electron chi connectivity index (χ3n) is 8.69. The number of nitrogens with zero attached hydrogens (tertiary/aromatic N) is 4. The number of benzene rings is 2. The number of urea groups is 1. The molecule has 12 heteroatoms. The number of halogens is 1. The van der Waals surface area contributed by atoms with Crippen LogP contribution in [0.25, 0.3) is 33.5 Å². The Morgan fingerprint density at radius 1 is 1.11 bits per heavy atom. The smallest absolute Gasteiger partial charge is 0.410 e. The van der Waals surface area contributed by atoms with Gasteiger partial charge in [-0.25, -0.2) is 23.9 Å². The number of aryl methyl sites for hydroxylation is 1. The number of aromatic nitrogens is 3. The van der Waals surface area contributed by atoms with Gasteiger partial charge in [0.1, 0.15) is 18.6 Å². The monoisotopic (exact) mass is 629 g/mol. The van der Waals surface area contributed by atoms with E-state index in [-0.39, 0.29) is 25.2 Å². The molecule has 46 heavy (non-hydrogen) atoms. The largest absolute Gasteiger partial charge is 0.445 e. The van der Waals surface area contributed by atoms with Crippen molar-refractivity contribution in [1.29, 1.82) is 0 Å². The Hall–Kier alpha value is -4.55. The number of aromatic amines is 1. The van der Waals surface area contributed by atoms with Crippen LogP contribution in [0.4, 0.5) is 19.7 Å². The topological polar surface area (TPSA) is 136 Å². The third-order valence-corrected chi connectivity index (χ3v) is 8.69. The molecule has 3 atom stereocenters. The van der Waals surface area contributed by atoms with E-state index in [2.05, 4.69) is 25.6 Å². The first-order chi connectivity index (χ1) is 22.2. The van der Waals surface area contributed by atoms with Crippen molar-refractivity contribution in [3.8, 4) is 22.5 Å². The van der Waals surface area contributed by atoms with Gasteiger partial charge in [0, 0.05) is 54.4 Å². The summed E-state index contributed by atoms with van der Waals surface area (Å²) in [6.45, 7) is 8.88. The van der Waals surface area contributed by atoms with Crippen molar-refractivity contribution >= 4 is 28.8 Å². The molecule has 242 valence electrons. The van der Waals surface area contributed by atoms with Crippen LogP contribution < -0.4 is 10.6 Å². The molecule has 0 saturated carbocycles. The molecule has 2 aromatic carbocycles. The van der Waals surface area contributed by atoms with Crippen LogP contribution >= 0.6 is 0 Å². The zero-order valence-electron chi connectivity index (χ0n) is 26.3. The maximum Gasteiger partial charge on any atom is 0.410 e. The van der Waals surface area contributed by atoms with Gasteiger partial charge >= 0.3 is 12.1 Å². The number of aliphatic hydroxyl groups excluding tert-OH is 1. The third kappa shape index (κ3) is 6.68. The Morgan fingerprint density at radius 2 is 1.87 bits per heavy atom. The molecule has 0 bridgehead atoms. The number of amides is 3. The van der Waals surface area contributed by atoms with Crippen LogP contribution in [0.3, 0.4) is 0 Å². The Kier molecular flexibility index (Phi) is 9.18. The van der Waals surface area contributed by atoms with E-state index in [0.29, 0.717) is 30.8 Å². The van der Waals surface area contributed by atoms with Crippen LogP contribution in [0.2, 0.25) is 0 Å². The Morgan fingerprint density at radius 3 is 2.59 bits per heavy atom. The average Bonchev–Trinajstić information content (AvgIpc) is 3.61. The molecule has 2 fully saturated rings. The molecule has 0 spiro atoms. The van der Waals surface area contributed by atoms with E-state index in [0.717, 1.165) is 57.0 Å². The minimum Gasteiger partial charge on any atom is -0.445 e. The number of hydrogen-bond donors (Lipinski definition) is 4. The van der Waals surface area contributed by atoms with E-state index in [9.17, 15) is 14.7 Å². The van der Waals surface area contributed by atoms with Gasteiger partial charge in [-0.1, -0.05) is 44.2 Å². The molecule has 3 unspecified atom stereocenters. The maximum atomic E-state index is 15.1. The maximum absolute atomic E-state index is 15.1. The van der Waals surface area contributed by atoms with E-state index < -0.39 is 24.3 Å². The molecule has 2 aromatic heterocycles. The molecular formula is C34H40FN7O4. The quantitative estimate of drug-likeness (QED) is 0.204. The van der Waals surface area contributed by atoms with Gasteiger partial charge in [0.25, 0.3) is 0 Å². The predicted octanol–water partition coefficient (Wildman–Crippen LogP) is 5.31. The normalized spacial score (nSPS) is 20.0. The predicted molar refractivity (Wildman–Crippen MR) is 174 cm³/mol. The van der Waals surface area contributed by atoms with Crippen molar-refractivity contribution in [2.75, 3.05) is 38.0 Å². The standard InChI is InChI=1S/C34H40FN7O4/c1-20(2)14-26-29(43)17-42(31(26)35)33(44)39-24-8-9-25(21(3)15-24)30-27-16-28(40-32(27)38-19-37-30)23-6-4-22(5-7-23)18-46-34(45)41-12-10-36-11-13-41/h4-9,15-16,19-20,26,29,31,36,43H,10-14,17-18H2,1-3H3,(H,39,44)(H,37,38,40). The van der Waals surface area contributed by atoms with E-state index >= 15 is 4.39 Å². The second kappa shape index (κ2) is 13.4. The lowest BCUT2D eigenvalue weighted by molar-refractivity contribution is 0.0800. The number of β-amino-alcohol motifs (C(OH)–C–C–N with tert-alkyl or cyclic N) is 1. The van der Waals surface area contributed by atoms with Gasteiger partial charge in [0.15, 0.2) is 6.30 Å². The number of alkyl halides is 1. The van der Waals surface area contributed by atoms with E-state index in [1.807, 2.05) is 63.2 Å². The van der Waals surface area contributed by atoms with Crippen LogP contribution in [-0.2, 0) is 11.3 Å². The summed E-state index contributed by atoms with van der Waals surface area (Å²) < 4.78 is 20.6. The summed E-state index contributed by atoms with van der Waals surface area (Å²) in [4.78, 5) is 40.5. The molecule has 3 amide bonds. The van der Waals surface area contributed by atoms with Crippen LogP contribution in [0.5, 0.6) is 0 Å². The fourth-order valence-electron chi connectivity index (χ4n) is 6.24. The number of H-pyrrole nitrogens is 1. The summed E-state index contributed by atoms with van der Waals surface area (Å²) in [5, 5.41) is 17.2. The first kappa shape index (κ1) is 31.4. The first-order valence-corrected chi connectivity index (χ1v) is 15.7. The number of ether oxygens (including phenoxy) is 1. The molecule has 4 N–H and O–H groups in total. The molecule has 0 radical (unpaired) electrons. The van der Waals surface area contributed by atoms with Crippen LogP contribution in [0.15, 0.2) is 54.9 Å².